The van der Waals surface area contributed by atoms with Crippen LogP contribution < -0.4 is 10.6 Å². The number of nitrogens with zero attached hydrogens (tertiary/aromatic N) is 4. The summed E-state index contributed by atoms with van der Waals surface area (Å²) >= 11 is 0. The van der Waals surface area contributed by atoms with Gasteiger partial charge in [-0.05, 0) is 6.42 Å². The molecule has 3 rings (SSSR count). The predicted molar refractivity (Wildman–Crippen MR) is 115 cm³/mol. The number of hydrogen-bond acceptors (Lipinski definition) is 7. The van der Waals surface area contributed by atoms with Crippen LogP contribution in [0.4, 0.5) is 0 Å². The fraction of sp³-hybridized carbons (Fsp3) is 0.667. The Morgan fingerprint density at radius 2 is 1.41 bits per heavy atom. The average molecular weight is 449 g/mol. The lowest BCUT2D eigenvalue weighted by Crippen LogP contribution is -2.53. The molecule has 0 aromatic carbocycles. The van der Waals surface area contributed by atoms with Gasteiger partial charge in [0.1, 0.15) is 0 Å². The number of rotatable bonds is 9. The predicted octanol–water partition coefficient (Wildman–Crippen LogP) is -2.23. The lowest BCUT2D eigenvalue weighted by Gasteiger charge is -2.35. The summed E-state index contributed by atoms with van der Waals surface area (Å²) in [4.78, 5) is 66.5. The number of piperazine rings is 2. The van der Waals surface area contributed by atoms with Crippen molar-refractivity contribution < 1.29 is 24.0 Å². The molecule has 3 aliphatic rings. The first-order valence-corrected chi connectivity index (χ1v) is 11.2. The molecule has 2 fully saturated rings. The number of amides is 5. The Kier molecular flexibility index (Phi) is 8.74. The van der Waals surface area contributed by atoms with Crippen molar-refractivity contribution in [3.05, 3.63) is 12.2 Å². The number of imide groups is 1. The molecule has 5 amide bonds. The molecule has 176 valence electrons. The van der Waals surface area contributed by atoms with Crippen LogP contribution in [0.15, 0.2) is 12.2 Å². The fourth-order valence-corrected chi connectivity index (χ4v) is 3.98. The zero-order chi connectivity index (χ0) is 22.9. The van der Waals surface area contributed by atoms with Gasteiger partial charge in [0.2, 0.25) is 17.7 Å². The van der Waals surface area contributed by atoms with E-state index in [-0.39, 0.29) is 49.0 Å². The summed E-state index contributed by atoms with van der Waals surface area (Å²) in [6.07, 6.45) is 3.38. The van der Waals surface area contributed by atoms with E-state index in [0.29, 0.717) is 39.0 Å². The van der Waals surface area contributed by atoms with Gasteiger partial charge in [-0.25, -0.2) is 0 Å². The smallest absolute Gasteiger partial charge is 0.253 e. The summed E-state index contributed by atoms with van der Waals surface area (Å²) < 4.78 is 0. The van der Waals surface area contributed by atoms with E-state index in [1.54, 1.807) is 9.80 Å². The van der Waals surface area contributed by atoms with Crippen molar-refractivity contribution in [1.82, 2.24) is 30.2 Å². The summed E-state index contributed by atoms with van der Waals surface area (Å²) in [6.45, 7) is 6.62. The van der Waals surface area contributed by atoms with Crippen molar-refractivity contribution in [2.45, 2.75) is 19.3 Å². The average Bonchev–Trinajstić information content (AvgIpc) is 3.14. The van der Waals surface area contributed by atoms with E-state index < -0.39 is 0 Å². The molecule has 0 saturated carbocycles. The summed E-state index contributed by atoms with van der Waals surface area (Å²) in [6, 6.07) is 0. The summed E-state index contributed by atoms with van der Waals surface area (Å²) in [7, 11) is 0. The third-order valence-corrected chi connectivity index (χ3v) is 5.96. The van der Waals surface area contributed by atoms with Crippen LogP contribution in [-0.2, 0) is 24.0 Å². The molecule has 3 heterocycles. The van der Waals surface area contributed by atoms with Crippen molar-refractivity contribution in [2.75, 3.05) is 72.0 Å². The first-order chi connectivity index (χ1) is 15.4. The Morgan fingerprint density at radius 3 is 2.03 bits per heavy atom. The van der Waals surface area contributed by atoms with Crippen LogP contribution in [0, 0.1) is 0 Å². The maximum Gasteiger partial charge on any atom is 0.253 e. The van der Waals surface area contributed by atoms with Crippen LogP contribution in [0.2, 0.25) is 0 Å². The Labute approximate surface area is 187 Å². The highest BCUT2D eigenvalue weighted by atomic mass is 16.2. The fourth-order valence-electron chi connectivity index (χ4n) is 3.98. The third kappa shape index (κ3) is 6.86. The molecule has 0 unspecified atom stereocenters. The van der Waals surface area contributed by atoms with Crippen molar-refractivity contribution in [1.29, 1.82) is 0 Å². The maximum atomic E-state index is 12.4. The van der Waals surface area contributed by atoms with Crippen LogP contribution >= 0.6 is 0 Å². The van der Waals surface area contributed by atoms with Crippen molar-refractivity contribution >= 4 is 29.5 Å². The quantitative estimate of drug-likeness (QED) is 0.383. The van der Waals surface area contributed by atoms with Crippen LogP contribution in [-0.4, -0.2) is 121 Å². The molecule has 0 bridgehead atoms. The minimum atomic E-state index is -0.369. The maximum absolute atomic E-state index is 12.4. The van der Waals surface area contributed by atoms with E-state index in [0.717, 1.165) is 37.6 Å². The molecule has 0 aromatic rings. The largest absolute Gasteiger partial charge is 0.347 e. The van der Waals surface area contributed by atoms with Crippen LogP contribution in [0.1, 0.15) is 19.3 Å². The van der Waals surface area contributed by atoms with Gasteiger partial charge in [0.25, 0.3) is 11.8 Å². The van der Waals surface area contributed by atoms with Gasteiger partial charge in [-0.2, -0.15) is 0 Å². The third-order valence-electron chi connectivity index (χ3n) is 5.96. The molecule has 2 saturated heterocycles. The first-order valence-electron chi connectivity index (χ1n) is 11.2. The van der Waals surface area contributed by atoms with Crippen molar-refractivity contribution in [3.63, 3.8) is 0 Å². The minimum Gasteiger partial charge on any atom is -0.347 e. The molecule has 0 aromatic heterocycles. The minimum absolute atomic E-state index is 0.0983. The highest BCUT2D eigenvalue weighted by molar-refractivity contribution is 6.12. The SMILES string of the molecule is O=C(CCCN1C(=O)C=CC1=O)NCC(=O)N1CCN(C(=O)CCN2CCNCC2)CC1. The van der Waals surface area contributed by atoms with E-state index in [2.05, 4.69) is 15.5 Å². The van der Waals surface area contributed by atoms with Gasteiger partial charge in [0.15, 0.2) is 0 Å². The highest BCUT2D eigenvalue weighted by Crippen LogP contribution is 2.07. The zero-order valence-corrected chi connectivity index (χ0v) is 18.4. The molecular formula is C21H32N6O5. The molecule has 32 heavy (non-hydrogen) atoms. The molecule has 2 N–H and O–H groups in total. The van der Waals surface area contributed by atoms with Crippen molar-refractivity contribution in [3.8, 4) is 0 Å². The molecule has 0 spiro atoms. The topological polar surface area (TPSA) is 122 Å². The van der Waals surface area contributed by atoms with Gasteiger partial charge < -0.3 is 25.3 Å². The van der Waals surface area contributed by atoms with E-state index in [9.17, 15) is 24.0 Å². The normalized spacial score (nSPS) is 19.6. The number of carbonyl (C=O) groups excluding carboxylic acids is 5. The van der Waals surface area contributed by atoms with E-state index >= 15 is 0 Å². The number of carbonyl (C=O) groups is 5. The molecular weight excluding hydrogens is 416 g/mol. The Balaban J connectivity index is 1.27. The second-order valence-electron chi connectivity index (χ2n) is 8.14. The van der Waals surface area contributed by atoms with Gasteiger partial charge in [-0.3, -0.25) is 28.9 Å². The second kappa shape index (κ2) is 11.7. The first kappa shape index (κ1) is 23.9. The van der Waals surface area contributed by atoms with Gasteiger partial charge in [-0.15, -0.1) is 0 Å². The lowest BCUT2D eigenvalue weighted by molar-refractivity contribution is -0.140. The van der Waals surface area contributed by atoms with Gasteiger partial charge >= 0.3 is 0 Å². The summed E-state index contributed by atoms with van der Waals surface area (Å²) in [5, 5.41) is 5.89. The van der Waals surface area contributed by atoms with Crippen LogP contribution in [0.3, 0.4) is 0 Å². The van der Waals surface area contributed by atoms with E-state index in [4.69, 9.17) is 0 Å². The van der Waals surface area contributed by atoms with Gasteiger partial charge in [0, 0.05) is 90.4 Å². The van der Waals surface area contributed by atoms with Gasteiger partial charge in [-0.1, -0.05) is 0 Å². The molecule has 3 aliphatic heterocycles. The lowest BCUT2D eigenvalue weighted by atomic mass is 10.2. The van der Waals surface area contributed by atoms with Gasteiger partial charge in [0.05, 0.1) is 6.54 Å². The van der Waals surface area contributed by atoms with Crippen molar-refractivity contribution in [2.24, 2.45) is 0 Å². The standard InChI is InChI=1S/C21H32N6O5/c28-17(2-1-8-27-19(30)3-4-20(27)31)23-16-21(32)26-14-12-25(13-15-26)18(29)5-9-24-10-6-22-7-11-24/h3-4,22H,1-2,5-16H2,(H,23,28). The Morgan fingerprint density at radius 1 is 0.812 bits per heavy atom. The summed E-state index contributed by atoms with van der Waals surface area (Å²) in [5.74, 6) is -1.10. The second-order valence-corrected chi connectivity index (χ2v) is 8.14. The molecule has 0 atom stereocenters. The molecule has 11 nitrogen and oxygen atoms in total. The van der Waals surface area contributed by atoms with E-state index in [1.807, 2.05) is 0 Å². The monoisotopic (exact) mass is 448 g/mol. The van der Waals surface area contributed by atoms with Crippen LogP contribution in [0.5, 0.6) is 0 Å². The van der Waals surface area contributed by atoms with E-state index in [1.165, 1.54) is 12.2 Å². The number of nitrogens with one attached hydrogen (secondary N) is 2. The zero-order valence-electron chi connectivity index (χ0n) is 18.4. The van der Waals surface area contributed by atoms with Crippen LogP contribution in [0.25, 0.3) is 0 Å². The highest BCUT2D eigenvalue weighted by Gasteiger charge is 2.25. The molecule has 0 aliphatic carbocycles. The Bertz CT molecular complexity index is 738. The Hall–Kier alpha value is -2.79. The molecule has 0 radical (unpaired) electrons. The summed E-state index contributed by atoms with van der Waals surface area (Å²) in [5.41, 5.74) is 0. The molecule has 11 heteroatoms. The number of hydrogen-bond donors (Lipinski definition) is 2.